The van der Waals surface area contributed by atoms with Crippen LogP contribution >= 0.6 is 0 Å². The van der Waals surface area contributed by atoms with Crippen LogP contribution in [0.2, 0.25) is 0 Å². The van der Waals surface area contributed by atoms with Crippen molar-refractivity contribution in [1.82, 2.24) is 5.32 Å². The van der Waals surface area contributed by atoms with Crippen molar-refractivity contribution in [3.8, 4) is 17.2 Å². The number of ether oxygens (including phenoxy) is 2. The average molecular weight is 344 g/mol. The third-order valence-corrected chi connectivity index (χ3v) is 3.54. The van der Waals surface area contributed by atoms with Crippen LogP contribution in [-0.2, 0) is 4.79 Å². The van der Waals surface area contributed by atoms with Crippen LogP contribution in [0, 0.1) is 6.92 Å². The number of nitrogens with one attached hydrogen (secondary N) is 2. The number of hydrogen-bond donors (Lipinski definition) is 3. The van der Waals surface area contributed by atoms with Crippen LogP contribution in [0.1, 0.15) is 15.9 Å². The van der Waals surface area contributed by atoms with Crippen LogP contribution in [0.4, 0.5) is 5.69 Å². The minimum atomic E-state index is -0.404. The predicted molar refractivity (Wildman–Crippen MR) is 93.4 cm³/mol. The van der Waals surface area contributed by atoms with Crippen molar-refractivity contribution in [1.29, 1.82) is 0 Å². The van der Waals surface area contributed by atoms with Crippen LogP contribution in [0.15, 0.2) is 36.4 Å². The maximum atomic E-state index is 12.2. The smallest absolute Gasteiger partial charge is 0.251 e. The molecule has 0 aliphatic heterocycles. The molecule has 0 unspecified atom stereocenters. The van der Waals surface area contributed by atoms with E-state index in [2.05, 4.69) is 10.6 Å². The van der Waals surface area contributed by atoms with Crippen LogP contribution < -0.4 is 20.1 Å². The maximum absolute atomic E-state index is 12.2. The molecule has 132 valence electrons. The number of phenols is 1. The lowest BCUT2D eigenvalue weighted by molar-refractivity contribution is -0.115. The van der Waals surface area contributed by atoms with Gasteiger partial charge in [0.15, 0.2) is 11.5 Å². The highest BCUT2D eigenvalue weighted by atomic mass is 16.5. The molecule has 2 amide bonds. The Bertz CT molecular complexity index is 789. The Morgan fingerprint density at radius 1 is 1.04 bits per heavy atom. The normalized spacial score (nSPS) is 10.0. The monoisotopic (exact) mass is 344 g/mol. The van der Waals surface area contributed by atoms with Crippen LogP contribution in [0.3, 0.4) is 0 Å². The van der Waals surface area contributed by atoms with E-state index in [1.807, 2.05) is 0 Å². The maximum Gasteiger partial charge on any atom is 0.251 e. The number of hydrogen-bond acceptors (Lipinski definition) is 5. The number of amides is 2. The summed E-state index contributed by atoms with van der Waals surface area (Å²) < 4.78 is 10.3. The summed E-state index contributed by atoms with van der Waals surface area (Å²) in [7, 11) is 2.99. The van der Waals surface area contributed by atoms with E-state index in [4.69, 9.17) is 9.47 Å². The van der Waals surface area contributed by atoms with Gasteiger partial charge in [0.2, 0.25) is 5.91 Å². The number of carbonyl (C=O) groups is 2. The highest BCUT2D eigenvalue weighted by Gasteiger charge is 2.12. The van der Waals surface area contributed by atoms with E-state index in [1.54, 1.807) is 25.1 Å². The second-order valence-electron chi connectivity index (χ2n) is 5.30. The molecule has 0 saturated carbocycles. The number of aryl methyl sites for hydroxylation is 1. The minimum absolute atomic E-state index is 0.122. The zero-order valence-electron chi connectivity index (χ0n) is 14.3. The molecule has 0 atom stereocenters. The topological polar surface area (TPSA) is 96.9 Å². The summed E-state index contributed by atoms with van der Waals surface area (Å²) in [5.74, 6) is 0.289. The quantitative estimate of drug-likeness (QED) is 0.697. The summed E-state index contributed by atoms with van der Waals surface area (Å²) in [4.78, 5) is 24.1. The van der Waals surface area contributed by atoms with Gasteiger partial charge in [0.1, 0.15) is 5.75 Å². The van der Waals surface area contributed by atoms with Crippen LogP contribution in [0.25, 0.3) is 0 Å². The molecule has 2 rings (SSSR count). The van der Waals surface area contributed by atoms with E-state index < -0.39 is 5.91 Å². The summed E-state index contributed by atoms with van der Waals surface area (Å²) in [6.45, 7) is 1.57. The molecule has 0 aromatic heterocycles. The van der Waals surface area contributed by atoms with Gasteiger partial charge in [-0.2, -0.15) is 0 Å². The molecule has 0 aliphatic carbocycles. The number of rotatable bonds is 6. The Kier molecular flexibility index (Phi) is 5.84. The molecule has 2 aromatic rings. The van der Waals surface area contributed by atoms with E-state index >= 15 is 0 Å². The first kappa shape index (κ1) is 18.1. The van der Waals surface area contributed by atoms with Crippen molar-refractivity contribution in [2.45, 2.75) is 6.92 Å². The fourth-order valence-electron chi connectivity index (χ4n) is 2.22. The summed E-state index contributed by atoms with van der Waals surface area (Å²) in [6, 6.07) is 9.35. The Hall–Kier alpha value is -3.22. The molecule has 0 spiro atoms. The second-order valence-corrected chi connectivity index (χ2v) is 5.30. The van der Waals surface area contributed by atoms with E-state index in [9.17, 15) is 14.7 Å². The molecule has 3 N–H and O–H groups in total. The molecule has 0 bridgehead atoms. The van der Waals surface area contributed by atoms with Gasteiger partial charge in [0.25, 0.3) is 5.91 Å². The summed E-state index contributed by atoms with van der Waals surface area (Å²) in [5.41, 5.74) is 1.65. The summed E-state index contributed by atoms with van der Waals surface area (Å²) >= 11 is 0. The summed E-state index contributed by atoms with van der Waals surface area (Å²) in [6.07, 6.45) is 0. The average Bonchev–Trinajstić information content (AvgIpc) is 2.61. The highest BCUT2D eigenvalue weighted by molar-refractivity contribution is 5.99. The van der Waals surface area contributed by atoms with E-state index in [0.29, 0.717) is 22.7 Å². The van der Waals surface area contributed by atoms with Gasteiger partial charge in [-0.1, -0.05) is 0 Å². The highest BCUT2D eigenvalue weighted by Crippen LogP contribution is 2.27. The third kappa shape index (κ3) is 4.63. The molecular formula is C18H20N2O5. The molecule has 7 heteroatoms. The van der Waals surface area contributed by atoms with Crippen molar-refractivity contribution in [3.05, 3.63) is 47.5 Å². The standard InChI is InChI=1S/C18H20N2O5/c1-11-8-13(21)5-6-14(11)20-17(22)10-19-18(23)12-4-7-15(24-2)16(9-12)25-3/h4-9,21H,10H2,1-3H3,(H,19,23)(H,20,22). The zero-order valence-corrected chi connectivity index (χ0v) is 14.3. The number of carbonyl (C=O) groups excluding carboxylic acids is 2. The van der Waals surface area contributed by atoms with Crippen LogP contribution in [-0.4, -0.2) is 37.7 Å². The van der Waals surface area contributed by atoms with Gasteiger partial charge in [-0.3, -0.25) is 9.59 Å². The molecule has 0 aliphatic rings. The lowest BCUT2D eigenvalue weighted by atomic mass is 10.2. The summed E-state index contributed by atoms with van der Waals surface area (Å²) in [5, 5.41) is 14.6. The fraction of sp³-hybridized carbons (Fsp3) is 0.222. The van der Waals surface area contributed by atoms with Gasteiger partial charge in [-0.05, 0) is 48.9 Å². The number of anilines is 1. The molecular weight excluding hydrogens is 324 g/mol. The Labute approximate surface area is 145 Å². The minimum Gasteiger partial charge on any atom is -0.508 e. The van der Waals surface area contributed by atoms with Crippen molar-refractivity contribution in [3.63, 3.8) is 0 Å². The molecule has 0 radical (unpaired) electrons. The SMILES string of the molecule is COc1ccc(C(=O)NCC(=O)Nc2ccc(O)cc2C)cc1OC. The molecule has 0 heterocycles. The van der Waals surface area contributed by atoms with Crippen molar-refractivity contribution < 1.29 is 24.2 Å². The molecule has 0 saturated heterocycles. The van der Waals surface area contributed by atoms with E-state index in [-0.39, 0.29) is 18.2 Å². The van der Waals surface area contributed by atoms with Crippen molar-refractivity contribution >= 4 is 17.5 Å². The van der Waals surface area contributed by atoms with Crippen molar-refractivity contribution in [2.75, 3.05) is 26.1 Å². The third-order valence-electron chi connectivity index (χ3n) is 3.54. The Balaban J connectivity index is 1.96. The first-order chi connectivity index (χ1) is 11.9. The number of aromatic hydroxyl groups is 1. The largest absolute Gasteiger partial charge is 0.508 e. The van der Waals surface area contributed by atoms with Gasteiger partial charge < -0.3 is 25.2 Å². The van der Waals surface area contributed by atoms with Crippen LogP contribution in [0.5, 0.6) is 17.2 Å². The van der Waals surface area contributed by atoms with Gasteiger partial charge >= 0.3 is 0 Å². The Morgan fingerprint density at radius 2 is 1.76 bits per heavy atom. The number of phenolic OH excluding ortho intramolecular Hbond substituents is 1. The lowest BCUT2D eigenvalue weighted by Gasteiger charge is -2.11. The molecule has 25 heavy (non-hydrogen) atoms. The number of benzene rings is 2. The van der Waals surface area contributed by atoms with E-state index in [1.165, 1.54) is 32.4 Å². The fourth-order valence-corrected chi connectivity index (χ4v) is 2.22. The first-order valence-corrected chi connectivity index (χ1v) is 7.54. The first-order valence-electron chi connectivity index (χ1n) is 7.54. The molecule has 7 nitrogen and oxygen atoms in total. The molecule has 0 fully saturated rings. The second kappa shape index (κ2) is 8.05. The molecule has 2 aromatic carbocycles. The van der Waals surface area contributed by atoms with Crippen molar-refractivity contribution in [2.24, 2.45) is 0 Å². The number of methoxy groups -OCH3 is 2. The lowest BCUT2D eigenvalue weighted by Crippen LogP contribution is -2.33. The van der Waals surface area contributed by atoms with Gasteiger partial charge in [-0.15, -0.1) is 0 Å². The van der Waals surface area contributed by atoms with E-state index in [0.717, 1.165) is 5.56 Å². The van der Waals surface area contributed by atoms with Gasteiger partial charge in [-0.25, -0.2) is 0 Å². The van der Waals surface area contributed by atoms with Gasteiger partial charge in [0.05, 0.1) is 20.8 Å². The Morgan fingerprint density at radius 3 is 2.40 bits per heavy atom. The van der Waals surface area contributed by atoms with Gasteiger partial charge in [0, 0.05) is 11.3 Å². The predicted octanol–water partition coefficient (Wildman–Crippen LogP) is 2.09. The zero-order chi connectivity index (χ0) is 18.4.